The lowest BCUT2D eigenvalue weighted by Gasteiger charge is -2.43. The number of hydrogen-bond donors (Lipinski definition) is 1. The van der Waals surface area contributed by atoms with Gasteiger partial charge in [0.1, 0.15) is 0 Å². The molecule has 0 aromatic heterocycles. The molecule has 0 aromatic carbocycles. The van der Waals surface area contributed by atoms with Crippen molar-refractivity contribution >= 4 is 0 Å². The molecular formula is C13H28N2. The highest BCUT2D eigenvalue weighted by Crippen LogP contribution is 2.23. The molecule has 0 heterocycles. The molecule has 0 aliphatic rings. The Morgan fingerprint density at radius 1 is 1.40 bits per heavy atom. The molecule has 2 nitrogen and oxygen atoms in total. The van der Waals surface area contributed by atoms with Crippen LogP contribution in [0.15, 0.2) is 12.7 Å². The van der Waals surface area contributed by atoms with E-state index in [1.54, 1.807) is 0 Å². The van der Waals surface area contributed by atoms with Gasteiger partial charge in [0.05, 0.1) is 0 Å². The normalized spacial score (nSPS) is 17.5. The summed E-state index contributed by atoms with van der Waals surface area (Å²) in [4.78, 5) is 2.32. The number of nitrogens with one attached hydrogen (secondary N) is 1. The third kappa shape index (κ3) is 3.96. The highest BCUT2D eigenvalue weighted by molar-refractivity contribution is 4.97. The van der Waals surface area contributed by atoms with E-state index in [9.17, 15) is 0 Å². The smallest absolute Gasteiger partial charge is 0.0328 e. The van der Waals surface area contributed by atoms with Gasteiger partial charge in [-0.2, -0.15) is 0 Å². The SMILES string of the molecule is C=CCC(NCCC)C(C)(CC)N(C)C. The summed E-state index contributed by atoms with van der Waals surface area (Å²) < 4.78 is 0. The van der Waals surface area contributed by atoms with Crippen molar-refractivity contribution < 1.29 is 0 Å². The largest absolute Gasteiger partial charge is 0.312 e. The van der Waals surface area contributed by atoms with Crippen molar-refractivity contribution in [2.45, 2.75) is 51.6 Å². The summed E-state index contributed by atoms with van der Waals surface area (Å²) >= 11 is 0. The van der Waals surface area contributed by atoms with E-state index >= 15 is 0 Å². The van der Waals surface area contributed by atoms with Gasteiger partial charge in [-0.05, 0) is 46.8 Å². The lowest BCUT2D eigenvalue weighted by molar-refractivity contribution is 0.114. The van der Waals surface area contributed by atoms with Crippen LogP contribution in [0.5, 0.6) is 0 Å². The van der Waals surface area contributed by atoms with Gasteiger partial charge in [0.2, 0.25) is 0 Å². The van der Waals surface area contributed by atoms with Crippen LogP contribution in [0.2, 0.25) is 0 Å². The molecule has 0 fully saturated rings. The summed E-state index contributed by atoms with van der Waals surface area (Å²) in [5.41, 5.74) is 0.212. The van der Waals surface area contributed by atoms with Gasteiger partial charge < -0.3 is 10.2 Å². The number of nitrogens with zero attached hydrogens (tertiary/aromatic N) is 1. The van der Waals surface area contributed by atoms with Crippen LogP contribution in [0.3, 0.4) is 0 Å². The Bertz CT molecular complexity index is 177. The van der Waals surface area contributed by atoms with Gasteiger partial charge >= 0.3 is 0 Å². The topological polar surface area (TPSA) is 15.3 Å². The van der Waals surface area contributed by atoms with Crippen LogP contribution < -0.4 is 5.32 Å². The molecule has 0 amide bonds. The Kier molecular flexibility index (Phi) is 6.86. The minimum absolute atomic E-state index is 0.212. The Morgan fingerprint density at radius 3 is 2.33 bits per heavy atom. The van der Waals surface area contributed by atoms with Crippen molar-refractivity contribution in [3.05, 3.63) is 12.7 Å². The van der Waals surface area contributed by atoms with E-state index in [4.69, 9.17) is 0 Å². The molecule has 15 heavy (non-hydrogen) atoms. The summed E-state index contributed by atoms with van der Waals surface area (Å²) in [6.45, 7) is 11.7. The first kappa shape index (κ1) is 14.7. The van der Waals surface area contributed by atoms with E-state index in [1.165, 1.54) is 6.42 Å². The molecule has 0 saturated carbocycles. The zero-order chi connectivity index (χ0) is 11.9. The summed E-state index contributed by atoms with van der Waals surface area (Å²) in [6, 6.07) is 0.495. The van der Waals surface area contributed by atoms with Crippen LogP contribution >= 0.6 is 0 Å². The van der Waals surface area contributed by atoms with Crippen molar-refractivity contribution in [1.82, 2.24) is 10.2 Å². The first-order valence-electron chi connectivity index (χ1n) is 6.04. The van der Waals surface area contributed by atoms with E-state index in [2.05, 4.69) is 51.7 Å². The minimum Gasteiger partial charge on any atom is -0.312 e. The Hall–Kier alpha value is -0.340. The van der Waals surface area contributed by atoms with Crippen molar-refractivity contribution in [3.63, 3.8) is 0 Å². The number of rotatable bonds is 8. The van der Waals surface area contributed by atoms with Crippen LogP contribution in [-0.2, 0) is 0 Å². The standard InChI is InChI=1S/C13H28N2/c1-7-10-12(14-11-8-2)13(4,9-3)15(5)6/h7,12,14H,1,8-11H2,2-6H3. The molecule has 2 atom stereocenters. The van der Waals surface area contributed by atoms with Gasteiger partial charge in [0.25, 0.3) is 0 Å². The second-order valence-corrected chi connectivity index (χ2v) is 4.64. The lowest BCUT2D eigenvalue weighted by Crippen LogP contribution is -2.56. The van der Waals surface area contributed by atoms with Gasteiger partial charge in [-0.15, -0.1) is 6.58 Å². The summed E-state index contributed by atoms with van der Waals surface area (Å²) in [6.07, 6.45) is 5.38. The predicted molar refractivity (Wildman–Crippen MR) is 69.3 cm³/mol. The van der Waals surface area contributed by atoms with E-state index < -0.39 is 0 Å². The average Bonchev–Trinajstić information content (AvgIpc) is 2.22. The van der Waals surface area contributed by atoms with Gasteiger partial charge in [0.15, 0.2) is 0 Å². The van der Waals surface area contributed by atoms with E-state index in [0.717, 1.165) is 19.4 Å². The molecule has 2 unspecified atom stereocenters. The molecule has 0 saturated heterocycles. The highest BCUT2D eigenvalue weighted by atomic mass is 15.2. The Morgan fingerprint density at radius 2 is 2.00 bits per heavy atom. The quantitative estimate of drug-likeness (QED) is 0.622. The molecule has 0 aromatic rings. The third-order valence-corrected chi connectivity index (χ3v) is 3.53. The summed E-state index contributed by atoms with van der Waals surface area (Å²) in [5.74, 6) is 0. The molecule has 1 N–H and O–H groups in total. The molecule has 2 heteroatoms. The Balaban J connectivity index is 4.59. The maximum absolute atomic E-state index is 3.86. The molecule has 0 bridgehead atoms. The molecule has 90 valence electrons. The second kappa shape index (κ2) is 7.02. The van der Waals surface area contributed by atoms with E-state index in [0.29, 0.717) is 6.04 Å². The number of likely N-dealkylation sites (N-methyl/N-ethyl adjacent to an activating group) is 1. The minimum atomic E-state index is 0.212. The third-order valence-electron chi connectivity index (χ3n) is 3.53. The summed E-state index contributed by atoms with van der Waals surface area (Å²) in [5, 5.41) is 3.63. The monoisotopic (exact) mass is 212 g/mol. The fraction of sp³-hybridized carbons (Fsp3) is 0.846. The molecule has 0 radical (unpaired) electrons. The van der Waals surface area contributed by atoms with Crippen molar-refractivity contribution in [3.8, 4) is 0 Å². The van der Waals surface area contributed by atoms with Gasteiger partial charge in [-0.3, -0.25) is 0 Å². The highest BCUT2D eigenvalue weighted by Gasteiger charge is 2.33. The molecular weight excluding hydrogens is 184 g/mol. The average molecular weight is 212 g/mol. The fourth-order valence-electron chi connectivity index (χ4n) is 1.92. The Labute approximate surface area is 95.7 Å². The number of hydrogen-bond acceptors (Lipinski definition) is 2. The van der Waals surface area contributed by atoms with Crippen molar-refractivity contribution in [2.24, 2.45) is 0 Å². The molecule has 0 rings (SSSR count). The van der Waals surface area contributed by atoms with Gasteiger partial charge in [0, 0.05) is 11.6 Å². The van der Waals surface area contributed by atoms with E-state index in [1.807, 2.05) is 6.08 Å². The van der Waals surface area contributed by atoms with Crippen LogP contribution in [-0.4, -0.2) is 37.1 Å². The molecule has 0 aliphatic carbocycles. The van der Waals surface area contributed by atoms with E-state index in [-0.39, 0.29) is 5.54 Å². The molecule has 0 spiro atoms. The van der Waals surface area contributed by atoms with Crippen LogP contribution in [0.1, 0.15) is 40.0 Å². The first-order valence-corrected chi connectivity index (χ1v) is 6.04. The van der Waals surface area contributed by atoms with Gasteiger partial charge in [-0.25, -0.2) is 0 Å². The van der Waals surface area contributed by atoms with Crippen molar-refractivity contribution in [1.29, 1.82) is 0 Å². The fourth-order valence-corrected chi connectivity index (χ4v) is 1.92. The predicted octanol–water partition coefficient (Wildman–Crippen LogP) is 2.66. The molecule has 0 aliphatic heterocycles. The lowest BCUT2D eigenvalue weighted by atomic mass is 9.86. The van der Waals surface area contributed by atoms with Gasteiger partial charge in [-0.1, -0.05) is 19.9 Å². The van der Waals surface area contributed by atoms with Crippen LogP contribution in [0.25, 0.3) is 0 Å². The van der Waals surface area contributed by atoms with Crippen molar-refractivity contribution in [2.75, 3.05) is 20.6 Å². The second-order valence-electron chi connectivity index (χ2n) is 4.64. The summed E-state index contributed by atoms with van der Waals surface area (Å²) in [7, 11) is 4.32. The zero-order valence-electron chi connectivity index (χ0n) is 11.1. The zero-order valence-corrected chi connectivity index (χ0v) is 11.1. The van der Waals surface area contributed by atoms with Crippen LogP contribution in [0.4, 0.5) is 0 Å². The van der Waals surface area contributed by atoms with Crippen LogP contribution in [0, 0.1) is 0 Å². The maximum atomic E-state index is 3.86. The first-order chi connectivity index (χ1) is 7.02. The maximum Gasteiger partial charge on any atom is 0.0328 e.